The minimum atomic E-state index is -0.537. The van der Waals surface area contributed by atoms with Crippen LogP contribution in [0.3, 0.4) is 0 Å². The first-order valence-corrected chi connectivity index (χ1v) is 7.24. The number of hydrogen-bond donors (Lipinski definition) is 1. The largest absolute Gasteiger partial charge is 0.387 e. The third-order valence-corrected chi connectivity index (χ3v) is 3.55. The van der Waals surface area contributed by atoms with Crippen LogP contribution in [0.15, 0.2) is 6.07 Å². The summed E-state index contributed by atoms with van der Waals surface area (Å²) in [7, 11) is 1.60. The molecular weight excluding hydrogens is 274 g/mol. The average molecular weight is 297 g/mol. The van der Waals surface area contributed by atoms with Gasteiger partial charge < -0.3 is 19.5 Å². The Morgan fingerprint density at radius 2 is 2.29 bits per heavy atom. The summed E-state index contributed by atoms with van der Waals surface area (Å²) in [5.41, 5.74) is 1.63. The van der Waals surface area contributed by atoms with E-state index in [1.165, 1.54) is 0 Å². The molecular formula is C14H23N3O4. The summed E-state index contributed by atoms with van der Waals surface area (Å²) in [6.45, 7) is 4.66. The standard InChI is InChI=1S/C14H23N3O4/c1-3-13(18)12-8-11-9-16(4-5-17(11)15-12)14(19)10-21-7-6-20-2/h8,13,18H,3-7,9-10H2,1-2H3/t13-/m0/s1. The molecule has 0 aromatic carbocycles. The van der Waals surface area contributed by atoms with Crippen LogP contribution in [-0.2, 0) is 27.4 Å². The lowest BCUT2D eigenvalue weighted by atomic mass is 10.2. The van der Waals surface area contributed by atoms with Crippen molar-refractivity contribution >= 4 is 5.91 Å². The fraction of sp³-hybridized carbons (Fsp3) is 0.714. The first-order valence-electron chi connectivity index (χ1n) is 7.24. The number of ether oxygens (including phenoxy) is 2. The van der Waals surface area contributed by atoms with Crippen LogP contribution in [-0.4, -0.2) is 59.2 Å². The molecule has 7 heteroatoms. The second-order valence-electron chi connectivity index (χ2n) is 5.07. The van der Waals surface area contributed by atoms with Crippen molar-refractivity contribution in [2.75, 3.05) is 33.5 Å². The first kappa shape index (κ1) is 15.9. The van der Waals surface area contributed by atoms with Gasteiger partial charge in [0.1, 0.15) is 6.61 Å². The lowest BCUT2D eigenvalue weighted by Crippen LogP contribution is -2.40. The summed E-state index contributed by atoms with van der Waals surface area (Å²) in [5.74, 6) is -0.0313. The minimum Gasteiger partial charge on any atom is -0.387 e. The summed E-state index contributed by atoms with van der Waals surface area (Å²) in [6, 6.07) is 1.87. The van der Waals surface area contributed by atoms with Gasteiger partial charge in [0.15, 0.2) is 0 Å². The van der Waals surface area contributed by atoms with E-state index in [2.05, 4.69) is 5.10 Å². The molecule has 118 valence electrons. The number of aliphatic hydroxyl groups excluding tert-OH is 1. The van der Waals surface area contributed by atoms with E-state index >= 15 is 0 Å². The number of amides is 1. The number of carbonyl (C=O) groups is 1. The number of nitrogens with zero attached hydrogens (tertiary/aromatic N) is 3. The zero-order valence-electron chi connectivity index (χ0n) is 12.6. The highest BCUT2D eigenvalue weighted by atomic mass is 16.5. The van der Waals surface area contributed by atoms with Crippen molar-refractivity contribution in [1.82, 2.24) is 14.7 Å². The molecule has 0 saturated heterocycles. The van der Waals surface area contributed by atoms with Crippen LogP contribution < -0.4 is 0 Å². The van der Waals surface area contributed by atoms with Crippen molar-refractivity contribution in [2.24, 2.45) is 0 Å². The summed E-state index contributed by atoms with van der Waals surface area (Å²) in [6.07, 6.45) is 0.0940. The third-order valence-electron chi connectivity index (χ3n) is 3.55. The van der Waals surface area contributed by atoms with Gasteiger partial charge >= 0.3 is 0 Å². The Balaban J connectivity index is 1.89. The maximum atomic E-state index is 12.0. The fourth-order valence-corrected chi connectivity index (χ4v) is 2.27. The molecule has 1 atom stereocenters. The maximum absolute atomic E-state index is 12.0. The van der Waals surface area contributed by atoms with E-state index in [9.17, 15) is 9.90 Å². The Labute approximate surface area is 124 Å². The van der Waals surface area contributed by atoms with Gasteiger partial charge in [0.05, 0.1) is 43.8 Å². The number of fused-ring (bicyclic) bond motifs is 1. The van der Waals surface area contributed by atoms with E-state index in [-0.39, 0.29) is 12.5 Å². The molecule has 1 aromatic rings. The van der Waals surface area contributed by atoms with Gasteiger partial charge in [0, 0.05) is 13.7 Å². The zero-order valence-corrected chi connectivity index (χ0v) is 12.6. The second-order valence-corrected chi connectivity index (χ2v) is 5.07. The Kier molecular flexibility index (Phi) is 5.72. The van der Waals surface area contributed by atoms with Crippen molar-refractivity contribution in [3.05, 3.63) is 17.5 Å². The monoisotopic (exact) mass is 297 g/mol. The second kappa shape index (κ2) is 7.53. The van der Waals surface area contributed by atoms with Crippen LogP contribution in [0.2, 0.25) is 0 Å². The predicted octanol–water partition coefficient (Wildman–Crippen LogP) is 0.332. The molecule has 0 spiro atoms. The van der Waals surface area contributed by atoms with Crippen LogP contribution in [0.1, 0.15) is 30.8 Å². The Hall–Kier alpha value is -1.44. The Morgan fingerprint density at radius 3 is 3.00 bits per heavy atom. The van der Waals surface area contributed by atoms with Gasteiger partial charge in [-0.05, 0) is 12.5 Å². The van der Waals surface area contributed by atoms with Crippen LogP contribution in [0.4, 0.5) is 0 Å². The van der Waals surface area contributed by atoms with Crippen LogP contribution in [0, 0.1) is 0 Å². The van der Waals surface area contributed by atoms with Gasteiger partial charge in [0.25, 0.3) is 0 Å². The highest BCUT2D eigenvalue weighted by Crippen LogP contribution is 2.20. The van der Waals surface area contributed by atoms with E-state index in [1.54, 1.807) is 12.0 Å². The van der Waals surface area contributed by atoms with Gasteiger partial charge in [-0.3, -0.25) is 9.48 Å². The lowest BCUT2D eigenvalue weighted by molar-refractivity contribution is -0.138. The van der Waals surface area contributed by atoms with E-state index < -0.39 is 6.10 Å². The topological polar surface area (TPSA) is 76.8 Å². The zero-order chi connectivity index (χ0) is 15.2. The lowest BCUT2D eigenvalue weighted by Gasteiger charge is -2.27. The molecule has 7 nitrogen and oxygen atoms in total. The Bertz CT molecular complexity index is 475. The molecule has 1 amide bonds. The van der Waals surface area contributed by atoms with Crippen molar-refractivity contribution in [3.8, 4) is 0 Å². The molecule has 1 aromatic heterocycles. The molecule has 0 radical (unpaired) electrons. The number of rotatable bonds is 7. The SMILES string of the molecule is CC[C@H](O)c1cc2n(n1)CCN(C(=O)COCCOC)C2. The van der Waals surface area contributed by atoms with E-state index in [4.69, 9.17) is 9.47 Å². The fourth-order valence-electron chi connectivity index (χ4n) is 2.27. The smallest absolute Gasteiger partial charge is 0.248 e. The van der Waals surface area contributed by atoms with Crippen LogP contribution in [0.5, 0.6) is 0 Å². The predicted molar refractivity (Wildman–Crippen MR) is 75.6 cm³/mol. The van der Waals surface area contributed by atoms with Crippen molar-refractivity contribution in [1.29, 1.82) is 0 Å². The van der Waals surface area contributed by atoms with E-state index in [0.717, 1.165) is 5.69 Å². The first-order chi connectivity index (χ1) is 10.2. The van der Waals surface area contributed by atoms with Gasteiger partial charge in [-0.2, -0.15) is 5.10 Å². The quantitative estimate of drug-likeness (QED) is 0.734. The highest BCUT2D eigenvalue weighted by molar-refractivity contribution is 5.77. The van der Waals surface area contributed by atoms with Crippen LogP contribution >= 0.6 is 0 Å². The average Bonchev–Trinajstić information content (AvgIpc) is 2.93. The van der Waals surface area contributed by atoms with Gasteiger partial charge in [-0.15, -0.1) is 0 Å². The van der Waals surface area contributed by atoms with Gasteiger partial charge in [0.2, 0.25) is 5.91 Å². The molecule has 2 heterocycles. The summed E-state index contributed by atoms with van der Waals surface area (Å²) >= 11 is 0. The molecule has 0 saturated carbocycles. The molecule has 1 N–H and O–H groups in total. The third kappa shape index (κ3) is 4.03. The summed E-state index contributed by atoms with van der Waals surface area (Å²) in [5, 5.41) is 14.2. The van der Waals surface area contributed by atoms with E-state index in [0.29, 0.717) is 45.0 Å². The molecule has 0 unspecified atom stereocenters. The Morgan fingerprint density at radius 1 is 1.48 bits per heavy atom. The van der Waals surface area contributed by atoms with E-state index in [1.807, 2.05) is 17.7 Å². The normalized spacial score (nSPS) is 15.9. The number of carbonyl (C=O) groups excluding carboxylic acids is 1. The highest BCUT2D eigenvalue weighted by Gasteiger charge is 2.23. The molecule has 2 rings (SSSR count). The molecule has 0 fully saturated rings. The summed E-state index contributed by atoms with van der Waals surface area (Å²) in [4.78, 5) is 13.8. The number of aliphatic hydroxyl groups is 1. The minimum absolute atomic E-state index is 0.0313. The number of methoxy groups -OCH3 is 1. The van der Waals surface area contributed by atoms with Gasteiger partial charge in [-0.1, -0.05) is 6.92 Å². The molecule has 0 aliphatic carbocycles. The van der Waals surface area contributed by atoms with Gasteiger partial charge in [-0.25, -0.2) is 0 Å². The van der Waals surface area contributed by atoms with Crippen molar-refractivity contribution < 1.29 is 19.4 Å². The van der Waals surface area contributed by atoms with Crippen LogP contribution in [0.25, 0.3) is 0 Å². The number of hydrogen-bond acceptors (Lipinski definition) is 5. The molecule has 1 aliphatic heterocycles. The summed E-state index contributed by atoms with van der Waals surface area (Å²) < 4.78 is 12.0. The maximum Gasteiger partial charge on any atom is 0.248 e. The van der Waals surface area contributed by atoms with Crippen molar-refractivity contribution in [2.45, 2.75) is 32.5 Å². The van der Waals surface area contributed by atoms with Crippen molar-refractivity contribution in [3.63, 3.8) is 0 Å². The number of aromatic nitrogens is 2. The molecule has 0 bridgehead atoms. The molecule has 1 aliphatic rings. The molecule has 21 heavy (non-hydrogen) atoms.